The first-order valence-corrected chi connectivity index (χ1v) is 8.01. The number of aromatic nitrogens is 2. The van der Waals surface area contributed by atoms with Crippen LogP contribution in [-0.4, -0.2) is 15.8 Å². The number of carbonyl (C=O) groups excluding carboxylic acids is 1. The van der Waals surface area contributed by atoms with E-state index >= 15 is 0 Å². The zero-order valence-corrected chi connectivity index (χ0v) is 13.2. The number of fused-ring (bicyclic) bond motifs is 1. The monoisotopic (exact) mass is 323 g/mol. The Labute approximate surface area is 137 Å². The third-order valence-corrected chi connectivity index (χ3v) is 4.70. The summed E-state index contributed by atoms with van der Waals surface area (Å²) in [5.74, 6) is -0.00130. The molecule has 1 aromatic carbocycles. The van der Waals surface area contributed by atoms with E-state index in [4.69, 9.17) is 0 Å². The van der Waals surface area contributed by atoms with Gasteiger partial charge in [-0.1, -0.05) is 29.8 Å². The minimum Gasteiger partial charge on any atom is -0.344 e. The van der Waals surface area contributed by atoms with Crippen LogP contribution in [0.5, 0.6) is 0 Å². The predicted octanol–water partition coefficient (Wildman–Crippen LogP) is 1.94. The number of hydrogen-bond acceptors (Lipinski definition) is 4. The van der Waals surface area contributed by atoms with Crippen molar-refractivity contribution in [2.75, 3.05) is 5.32 Å². The maximum Gasteiger partial charge on any atom is 0.327 e. The van der Waals surface area contributed by atoms with Crippen LogP contribution in [0.2, 0.25) is 0 Å². The van der Waals surface area contributed by atoms with E-state index in [-0.39, 0.29) is 5.78 Å². The highest BCUT2D eigenvalue weighted by Gasteiger charge is 2.37. The van der Waals surface area contributed by atoms with E-state index in [1.807, 2.05) is 31.2 Å². The van der Waals surface area contributed by atoms with Gasteiger partial charge in [-0.15, -0.1) is 0 Å². The van der Waals surface area contributed by atoms with E-state index in [1.54, 1.807) is 0 Å². The third-order valence-electron chi connectivity index (χ3n) is 4.70. The number of anilines is 1. The fourth-order valence-corrected chi connectivity index (χ4v) is 3.59. The van der Waals surface area contributed by atoms with Crippen LogP contribution in [0.4, 0.5) is 5.82 Å². The second-order valence-electron chi connectivity index (χ2n) is 6.33. The summed E-state index contributed by atoms with van der Waals surface area (Å²) in [6.07, 6.45) is 1.99. The van der Waals surface area contributed by atoms with Gasteiger partial charge >= 0.3 is 5.69 Å². The van der Waals surface area contributed by atoms with Crippen LogP contribution in [0.3, 0.4) is 0 Å². The van der Waals surface area contributed by atoms with Crippen molar-refractivity contribution in [2.24, 2.45) is 0 Å². The maximum absolute atomic E-state index is 12.6. The molecule has 122 valence electrons. The van der Waals surface area contributed by atoms with Crippen molar-refractivity contribution in [1.82, 2.24) is 9.97 Å². The average Bonchev–Trinajstić information content (AvgIpc) is 2.54. The van der Waals surface area contributed by atoms with Crippen molar-refractivity contribution >= 4 is 11.6 Å². The summed E-state index contributed by atoms with van der Waals surface area (Å²) in [7, 11) is 0. The first kappa shape index (κ1) is 14.7. The standard InChI is InChI=1S/C18H17N3O3/c1-9-5-7-10(8-6-9)13-14-11(3-2-4-12(14)22)19-16-15(13)17(23)21-18(24)20-16/h5-8,13H,2-4H2,1H3,(H3,19,20,21,23,24)/t13-/m1/s1. The van der Waals surface area contributed by atoms with Crippen LogP contribution >= 0.6 is 0 Å². The van der Waals surface area contributed by atoms with Crippen LogP contribution in [0, 0.1) is 6.92 Å². The molecule has 0 saturated carbocycles. The fourth-order valence-electron chi connectivity index (χ4n) is 3.59. The van der Waals surface area contributed by atoms with Gasteiger partial charge in [0.05, 0.1) is 5.56 Å². The van der Waals surface area contributed by atoms with Gasteiger partial charge in [0.25, 0.3) is 5.56 Å². The summed E-state index contributed by atoms with van der Waals surface area (Å²) >= 11 is 0. The average molecular weight is 323 g/mol. The minimum atomic E-state index is -0.555. The van der Waals surface area contributed by atoms with Gasteiger partial charge in [0, 0.05) is 23.6 Å². The van der Waals surface area contributed by atoms with Crippen molar-refractivity contribution in [3.8, 4) is 0 Å². The zero-order chi connectivity index (χ0) is 16.8. The number of benzene rings is 1. The molecule has 1 aliphatic heterocycles. The Kier molecular flexibility index (Phi) is 3.26. The number of nitrogens with one attached hydrogen (secondary N) is 3. The molecule has 0 bridgehead atoms. The molecule has 1 aromatic heterocycles. The number of aromatic amines is 2. The topological polar surface area (TPSA) is 94.8 Å². The molecule has 2 heterocycles. The molecule has 2 aromatic rings. The molecule has 1 atom stereocenters. The van der Waals surface area contributed by atoms with Gasteiger partial charge in [0.1, 0.15) is 5.82 Å². The molecule has 2 aliphatic rings. The summed E-state index contributed by atoms with van der Waals surface area (Å²) in [5, 5.41) is 3.11. The number of rotatable bonds is 1. The number of H-pyrrole nitrogens is 2. The number of carbonyl (C=O) groups is 1. The Hall–Kier alpha value is -2.89. The van der Waals surface area contributed by atoms with Gasteiger partial charge in [-0.3, -0.25) is 19.6 Å². The van der Waals surface area contributed by atoms with Crippen LogP contribution in [-0.2, 0) is 4.79 Å². The Bertz CT molecular complexity index is 980. The number of Topliss-reactive ketones (excluding diaryl/α,β-unsaturated/α-hetero) is 1. The molecular weight excluding hydrogens is 306 g/mol. The van der Waals surface area contributed by atoms with E-state index < -0.39 is 17.2 Å². The highest BCUT2D eigenvalue weighted by Crippen LogP contribution is 2.42. The molecule has 6 nitrogen and oxygen atoms in total. The minimum absolute atomic E-state index is 0.0607. The smallest absolute Gasteiger partial charge is 0.327 e. The number of allylic oxidation sites excluding steroid dienone is 2. The Morgan fingerprint density at radius 1 is 1.00 bits per heavy atom. The largest absolute Gasteiger partial charge is 0.344 e. The highest BCUT2D eigenvalue weighted by atomic mass is 16.2. The summed E-state index contributed by atoms with van der Waals surface area (Å²) in [4.78, 5) is 41.6. The van der Waals surface area contributed by atoms with Crippen molar-refractivity contribution in [1.29, 1.82) is 0 Å². The first-order valence-electron chi connectivity index (χ1n) is 8.01. The molecule has 0 fully saturated rings. The fraction of sp³-hybridized carbons (Fsp3) is 0.278. The summed E-state index contributed by atoms with van der Waals surface area (Å²) in [5.41, 5.74) is 2.82. The lowest BCUT2D eigenvalue weighted by Crippen LogP contribution is -2.36. The molecule has 0 amide bonds. The van der Waals surface area contributed by atoms with Gasteiger partial charge in [-0.25, -0.2) is 4.79 Å². The van der Waals surface area contributed by atoms with E-state index in [0.717, 1.165) is 29.7 Å². The number of ketones is 1. The molecule has 4 rings (SSSR count). The van der Waals surface area contributed by atoms with Gasteiger partial charge in [-0.2, -0.15) is 0 Å². The summed E-state index contributed by atoms with van der Waals surface area (Å²) in [6.45, 7) is 1.99. The Morgan fingerprint density at radius 2 is 1.75 bits per heavy atom. The summed E-state index contributed by atoms with van der Waals surface area (Å²) in [6, 6.07) is 7.80. The van der Waals surface area contributed by atoms with Gasteiger partial charge in [-0.05, 0) is 25.3 Å². The lowest BCUT2D eigenvalue weighted by atomic mass is 9.76. The second kappa shape index (κ2) is 5.33. The quantitative estimate of drug-likeness (QED) is 0.747. The summed E-state index contributed by atoms with van der Waals surface area (Å²) < 4.78 is 0. The molecule has 0 unspecified atom stereocenters. The predicted molar refractivity (Wildman–Crippen MR) is 90.2 cm³/mol. The van der Waals surface area contributed by atoms with Gasteiger partial charge < -0.3 is 5.32 Å². The van der Waals surface area contributed by atoms with E-state index in [9.17, 15) is 14.4 Å². The van der Waals surface area contributed by atoms with Crippen molar-refractivity contribution < 1.29 is 4.79 Å². The van der Waals surface area contributed by atoms with Gasteiger partial charge in [0.2, 0.25) is 0 Å². The number of aryl methyl sites for hydroxylation is 1. The second-order valence-corrected chi connectivity index (χ2v) is 6.33. The SMILES string of the molecule is Cc1ccc([C@@H]2C3=C(CCCC3=O)Nc3[nH]c(=O)[nH]c(=O)c32)cc1. The zero-order valence-electron chi connectivity index (χ0n) is 13.2. The Balaban J connectivity index is 2.01. The molecule has 24 heavy (non-hydrogen) atoms. The van der Waals surface area contributed by atoms with Gasteiger partial charge in [0.15, 0.2) is 5.78 Å². The van der Waals surface area contributed by atoms with Crippen molar-refractivity contribution in [2.45, 2.75) is 32.1 Å². The van der Waals surface area contributed by atoms with E-state index in [0.29, 0.717) is 23.4 Å². The first-order chi connectivity index (χ1) is 11.5. The van der Waals surface area contributed by atoms with Crippen LogP contribution < -0.4 is 16.6 Å². The van der Waals surface area contributed by atoms with Crippen LogP contribution in [0.15, 0.2) is 45.1 Å². The molecule has 0 saturated heterocycles. The lowest BCUT2D eigenvalue weighted by molar-refractivity contribution is -0.116. The molecule has 3 N–H and O–H groups in total. The van der Waals surface area contributed by atoms with E-state index in [1.165, 1.54) is 0 Å². The third kappa shape index (κ3) is 2.22. The van der Waals surface area contributed by atoms with E-state index in [2.05, 4.69) is 15.3 Å². The highest BCUT2D eigenvalue weighted by molar-refractivity contribution is 6.00. The van der Waals surface area contributed by atoms with Crippen LogP contribution in [0.1, 0.15) is 41.9 Å². The molecular formula is C18H17N3O3. The van der Waals surface area contributed by atoms with Crippen molar-refractivity contribution in [3.63, 3.8) is 0 Å². The number of hydrogen-bond donors (Lipinski definition) is 3. The molecule has 6 heteroatoms. The van der Waals surface area contributed by atoms with Crippen LogP contribution in [0.25, 0.3) is 0 Å². The maximum atomic E-state index is 12.6. The Morgan fingerprint density at radius 3 is 2.50 bits per heavy atom. The van der Waals surface area contributed by atoms with Crippen molar-refractivity contribution in [3.05, 3.63) is 73.1 Å². The molecule has 1 aliphatic carbocycles. The normalized spacial score (nSPS) is 19.5. The molecule has 0 radical (unpaired) electrons. The molecule has 0 spiro atoms. The lowest BCUT2D eigenvalue weighted by Gasteiger charge is -2.32.